The molecule has 0 aromatic heterocycles. The van der Waals surface area contributed by atoms with Crippen molar-refractivity contribution in [3.63, 3.8) is 0 Å². The van der Waals surface area contributed by atoms with E-state index < -0.39 is 10.0 Å². The molecule has 2 heterocycles. The SMILES string of the molecule is CCCCS(=O)(=O)N1CCC[C@@H](C(=O)N2CCSCC2)C1. The van der Waals surface area contributed by atoms with E-state index in [9.17, 15) is 13.2 Å². The summed E-state index contributed by atoms with van der Waals surface area (Å²) in [6.07, 6.45) is 3.19. The summed E-state index contributed by atoms with van der Waals surface area (Å²) >= 11 is 1.88. The van der Waals surface area contributed by atoms with Crippen molar-refractivity contribution >= 4 is 27.7 Å². The summed E-state index contributed by atoms with van der Waals surface area (Å²) in [5.41, 5.74) is 0. The van der Waals surface area contributed by atoms with Crippen LogP contribution in [0.2, 0.25) is 0 Å². The van der Waals surface area contributed by atoms with Crippen LogP contribution in [0.4, 0.5) is 0 Å². The largest absolute Gasteiger partial charge is 0.341 e. The third kappa shape index (κ3) is 4.60. The van der Waals surface area contributed by atoms with E-state index in [0.29, 0.717) is 19.5 Å². The summed E-state index contributed by atoms with van der Waals surface area (Å²) in [4.78, 5) is 14.5. The first-order valence-electron chi connectivity index (χ1n) is 7.89. The Morgan fingerprint density at radius 3 is 2.62 bits per heavy atom. The quantitative estimate of drug-likeness (QED) is 0.763. The summed E-state index contributed by atoms with van der Waals surface area (Å²) in [6.45, 7) is 4.57. The van der Waals surface area contributed by atoms with Gasteiger partial charge in [0.15, 0.2) is 0 Å². The van der Waals surface area contributed by atoms with Crippen LogP contribution in [0.5, 0.6) is 0 Å². The molecule has 1 atom stereocenters. The van der Waals surface area contributed by atoms with Gasteiger partial charge in [0.1, 0.15) is 0 Å². The van der Waals surface area contributed by atoms with Crippen molar-refractivity contribution in [1.82, 2.24) is 9.21 Å². The molecular formula is C14H26N2O3S2. The molecule has 0 aromatic rings. The number of carbonyl (C=O) groups excluding carboxylic acids is 1. The summed E-state index contributed by atoms with van der Waals surface area (Å²) in [6, 6.07) is 0. The lowest BCUT2D eigenvalue weighted by atomic mass is 9.98. The normalized spacial score (nSPS) is 25.0. The molecule has 2 fully saturated rings. The number of sulfonamides is 1. The minimum atomic E-state index is -3.18. The second kappa shape index (κ2) is 7.83. The third-order valence-electron chi connectivity index (χ3n) is 4.21. The molecule has 2 rings (SSSR count). The number of carbonyl (C=O) groups is 1. The molecule has 0 N–H and O–H groups in total. The highest BCUT2D eigenvalue weighted by Crippen LogP contribution is 2.23. The van der Waals surface area contributed by atoms with Gasteiger partial charge >= 0.3 is 0 Å². The molecule has 2 saturated heterocycles. The Labute approximate surface area is 132 Å². The fraction of sp³-hybridized carbons (Fsp3) is 0.929. The van der Waals surface area contributed by atoms with E-state index in [1.54, 1.807) is 4.31 Å². The predicted octanol–water partition coefficient (Wildman–Crippen LogP) is 1.40. The van der Waals surface area contributed by atoms with Crippen molar-refractivity contribution in [2.24, 2.45) is 5.92 Å². The Hall–Kier alpha value is -0.270. The van der Waals surface area contributed by atoms with Gasteiger partial charge in [-0.05, 0) is 19.3 Å². The number of nitrogens with zero attached hydrogens (tertiary/aromatic N) is 2. The molecule has 0 aliphatic carbocycles. The number of hydrogen-bond donors (Lipinski definition) is 0. The second-order valence-electron chi connectivity index (χ2n) is 5.80. The van der Waals surface area contributed by atoms with Crippen LogP contribution in [0.3, 0.4) is 0 Å². The van der Waals surface area contributed by atoms with Crippen LogP contribution in [0.1, 0.15) is 32.6 Å². The Morgan fingerprint density at radius 2 is 1.95 bits per heavy atom. The first-order chi connectivity index (χ1) is 10.0. The van der Waals surface area contributed by atoms with Crippen molar-refractivity contribution in [3.05, 3.63) is 0 Å². The molecule has 0 unspecified atom stereocenters. The van der Waals surface area contributed by atoms with Gasteiger partial charge in [-0.25, -0.2) is 12.7 Å². The lowest BCUT2D eigenvalue weighted by molar-refractivity contribution is -0.136. The Kier molecular flexibility index (Phi) is 6.37. The van der Waals surface area contributed by atoms with E-state index in [2.05, 4.69) is 0 Å². The smallest absolute Gasteiger partial charge is 0.227 e. The minimum Gasteiger partial charge on any atom is -0.341 e. The monoisotopic (exact) mass is 334 g/mol. The summed E-state index contributed by atoms with van der Waals surface area (Å²) < 4.78 is 26.1. The fourth-order valence-electron chi connectivity index (χ4n) is 2.89. The van der Waals surface area contributed by atoms with Gasteiger partial charge in [0.2, 0.25) is 15.9 Å². The molecule has 122 valence electrons. The summed E-state index contributed by atoms with van der Waals surface area (Å²) in [7, 11) is -3.18. The molecule has 7 heteroatoms. The maximum absolute atomic E-state index is 12.5. The third-order valence-corrected chi connectivity index (χ3v) is 7.07. The van der Waals surface area contributed by atoms with Crippen LogP contribution >= 0.6 is 11.8 Å². The van der Waals surface area contributed by atoms with Crippen LogP contribution in [-0.4, -0.2) is 67.0 Å². The van der Waals surface area contributed by atoms with Crippen LogP contribution in [0.15, 0.2) is 0 Å². The molecule has 21 heavy (non-hydrogen) atoms. The number of piperidine rings is 1. The van der Waals surface area contributed by atoms with E-state index >= 15 is 0 Å². The van der Waals surface area contributed by atoms with Crippen molar-refractivity contribution in [2.75, 3.05) is 43.4 Å². The molecule has 0 bridgehead atoms. The molecule has 1 amide bonds. The average Bonchev–Trinajstić information content (AvgIpc) is 2.53. The zero-order valence-corrected chi connectivity index (χ0v) is 14.4. The Bertz CT molecular complexity index is 447. The van der Waals surface area contributed by atoms with Gasteiger partial charge in [-0.15, -0.1) is 0 Å². The van der Waals surface area contributed by atoms with Gasteiger partial charge in [-0.3, -0.25) is 4.79 Å². The number of thioether (sulfide) groups is 1. The highest BCUT2D eigenvalue weighted by molar-refractivity contribution is 7.99. The zero-order valence-electron chi connectivity index (χ0n) is 12.8. The van der Waals surface area contributed by atoms with E-state index in [0.717, 1.165) is 43.9 Å². The van der Waals surface area contributed by atoms with Crippen LogP contribution < -0.4 is 0 Å². The van der Waals surface area contributed by atoms with Gasteiger partial charge in [0, 0.05) is 37.7 Å². The van der Waals surface area contributed by atoms with Crippen molar-refractivity contribution in [2.45, 2.75) is 32.6 Å². The van der Waals surface area contributed by atoms with Crippen LogP contribution in [0.25, 0.3) is 0 Å². The van der Waals surface area contributed by atoms with Gasteiger partial charge in [0.25, 0.3) is 0 Å². The molecule has 0 aromatic carbocycles. The maximum atomic E-state index is 12.5. The molecule has 2 aliphatic heterocycles. The predicted molar refractivity (Wildman–Crippen MR) is 86.9 cm³/mol. The minimum absolute atomic E-state index is 0.141. The van der Waals surface area contributed by atoms with Gasteiger partial charge in [-0.2, -0.15) is 11.8 Å². The fourth-order valence-corrected chi connectivity index (χ4v) is 5.52. The first-order valence-corrected chi connectivity index (χ1v) is 10.7. The topological polar surface area (TPSA) is 57.7 Å². The summed E-state index contributed by atoms with van der Waals surface area (Å²) in [5, 5.41) is 0. The number of hydrogen-bond acceptors (Lipinski definition) is 4. The number of unbranched alkanes of at least 4 members (excludes halogenated alkanes) is 1. The number of amides is 1. The lowest BCUT2D eigenvalue weighted by Gasteiger charge is -2.35. The second-order valence-corrected chi connectivity index (χ2v) is 9.12. The lowest BCUT2D eigenvalue weighted by Crippen LogP contribution is -2.49. The van der Waals surface area contributed by atoms with Crippen molar-refractivity contribution < 1.29 is 13.2 Å². The maximum Gasteiger partial charge on any atom is 0.227 e. The van der Waals surface area contributed by atoms with Gasteiger partial charge in [0.05, 0.1) is 11.7 Å². The molecule has 0 saturated carbocycles. The zero-order chi connectivity index (χ0) is 15.3. The van der Waals surface area contributed by atoms with E-state index in [1.165, 1.54) is 0 Å². The highest BCUT2D eigenvalue weighted by Gasteiger charge is 2.34. The Balaban J connectivity index is 1.95. The number of rotatable bonds is 5. The molecule has 5 nitrogen and oxygen atoms in total. The molecular weight excluding hydrogens is 308 g/mol. The Morgan fingerprint density at radius 1 is 1.24 bits per heavy atom. The summed E-state index contributed by atoms with van der Waals surface area (Å²) in [5.74, 6) is 2.22. The van der Waals surface area contributed by atoms with E-state index in [4.69, 9.17) is 0 Å². The molecule has 2 aliphatic rings. The molecule has 0 spiro atoms. The molecule has 0 radical (unpaired) electrons. The van der Waals surface area contributed by atoms with Gasteiger partial charge < -0.3 is 4.90 Å². The van der Waals surface area contributed by atoms with Crippen LogP contribution in [-0.2, 0) is 14.8 Å². The van der Waals surface area contributed by atoms with Crippen molar-refractivity contribution in [1.29, 1.82) is 0 Å². The van der Waals surface area contributed by atoms with E-state index in [1.807, 2.05) is 23.6 Å². The first kappa shape index (κ1) is 17.1. The van der Waals surface area contributed by atoms with Crippen molar-refractivity contribution in [3.8, 4) is 0 Å². The van der Waals surface area contributed by atoms with Gasteiger partial charge in [-0.1, -0.05) is 13.3 Å². The average molecular weight is 335 g/mol. The van der Waals surface area contributed by atoms with Crippen LogP contribution in [0, 0.1) is 5.92 Å². The highest BCUT2D eigenvalue weighted by atomic mass is 32.2. The van der Waals surface area contributed by atoms with E-state index in [-0.39, 0.29) is 17.6 Å². The standard InChI is InChI=1S/C14H26N2O3S2/c1-2-3-11-21(18,19)16-6-4-5-13(12-16)14(17)15-7-9-20-10-8-15/h13H,2-12H2,1H3/t13-/m1/s1.